The van der Waals surface area contributed by atoms with E-state index in [0.717, 1.165) is 12.8 Å². The van der Waals surface area contributed by atoms with Crippen molar-refractivity contribution in [2.75, 3.05) is 5.75 Å². The normalized spacial score (nSPS) is 13.4. The summed E-state index contributed by atoms with van der Waals surface area (Å²) in [5.41, 5.74) is 0. The summed E-state index contributed by atoms with van der Waals surface area (Å²) in [6.07, 6.45) is 3.80. The van der Waals surface area contributed by atoms with E-state index in [9.17, 15) is 29.4 Å². The third-order valence-electron chi connectivity index (χ3n) is 1.06. The monoisotopic (exact) mass is 298 g/mol. The molecule has 0 radical (unpaired) electrons. The van der Waals surface area contributed by atoms with Crippen molar-refractivity contribution in [1.82, 2.24) is 0 Å². The molecule has 0 saturated heterocycles. The quantitative estimate of drug-likeness (QED) is 0.211. The van der Waals surface area contributed by atoms with Gasteiger partial charge in [-0.15, -0.1) is 6.58 Å². The van der Waals surface area contributed by atoms with Gasteiger partial charge in [0.05, 0.1) is 5.75 Å². The van der Waals surface area contributed by atoms with Gasteiger partial charge in [0.25, 0.3) is 10.1 Å². The van der Waals surface area contributed by atoms with E-state index in [1.165, 1.54) is 0 Å². The molecule has 0 saturated carbocycles. The van der Waals surface area contributed by atoms with Crippen molar-refractivity contribution in [3.05, 3.63) is 12.7 Å². The Bertz CT molecular complexity index is 296. The second kappa shape index (κ2) is 8.43. The minimum absolute atomic E-state index is 0. The van der Waals surface area contributed by atoms with Crippen LogP contribution in [0.15, 0.2) is 12.7 Å². The van der Waals surface area contributed by atoms with Crippen molar-refractivity contribution in [3.63, 3.8) is 0 Å². The summed E-state index contributed by atoms with van der Waals surface area (Å²) in [5, 5.41) is 0. The molecule has 0 aromatic rings. The number of halogens is 5. The fourth-order valence-corrected chi connectivity index (χ4v) is 1.14. The van der Waals surface area contributed by atoms with Crippen LogP contribution in [-0.2, 0) is 10.1 Å². The van der Waals surface area contributed by atoms with Crippen LogP contribution in [0.5, 0.6) is 0 Å². The Morgan fingerprint density at radius 1 is 1.12 bits per heavy atom. The molecule has 0 aliphatic heterocycles. The van der Waals surface area contributed by atoms with Crippen molar-refractivity contribution < 1.29 is 34.0 Å². The Morgan fingerprint density at radius 2 is 1.47 bits per heavy atom. The predicted octanol–water partition coefficient (Wildman–Crippen LogP) is 3.54. The molecule has 0 atom stereocenters. The SMILES string of the molecule is C=CCCCCS(=O)(=O)O.FP(F)(F)(F)F.[LiH]. The van der Waals surface area contributed by atoms with E-state index < -0.39 is 18.3 Å². The molecule has 0 unspecified atom stereocenters. The first-order valence-electron chi connectivity index (χ1n) is 3.97. The zero-order chi connectivity index (χ0) is 13.5. The molecule has 0 heterocycles. The Morgan fingerprint density at radius 3 is 1.71 bits per heavy atom. The Balaban J connectivity index is -0.000000244. The van der Waals surface area contributed by atoms with Gasteiger partial charge in [0.1, 0.15) is 0 Å². The number of hydrogen-bond donors (Lipinski definition) is 1. The molecule has 17 heavy (non-hydrogen) atoms. The molecule has 0 aliphatic carbocycles. The summed E-state index contributed by atoms with van der Waals surface area (Å²) < 4.78 is 77.7. The van der Waals surface area contributed by atoms with Crippen LogP contribution in [0.4, 0.5) is 21.0 Å². The standard InChI is InChI=1S/C6H12O3S.F5P.Li.H/c1-2-3-4-5-6-10(7,8)9;1-6(2,3,4)5;;/h2H,1,3-6H2,(H,7,8,9);;;. The van der Waals surface area contributed by atoms with Crippen LogP contribution in [0.3, 0.4) is 0 Å². The first-order chi connectivity index (χ1) is 6.80. The van der Waals surface area contributed by atoms with Crippen molar-refractivity contribution in [2.45, 2.75) is 19.3 Å². The number of allylic oxidation sites excluding steroid dienone is 1. The third-order valence-corrected chi connectivity index (χ3v) is 1.87. The molecule has 11 heteroatoms. The van der Waals surface area contributed by atoms with E-state index in [2.05, 4.69) is 6.58 Å². The fourth-order valence-electron chi connectivity index (χ4n) is 0.573. The van der Waals surface area contributed by atoms with Gasteiger partial charge in [0.2, 0.25) is 0 Å². The van der Waals surface area contributed by atoms with Crippen molar-refractivity contribution >= 4 is 37.1 Å². The second-order valence-electron chi connectivity index (χ2n) is 2.71. The van der Waals surface area contributed by atoms with Gasteiger partial charge in [-0.3, -0.25) is 4.55 Å². The molecule has 0 aromatic heterocycles. The number of unbranched alkanes of at least 4 members (excludes halogenated alkanes) is 2. The molecule has 0 aliphatic rings. The number of rotatable bonds is 5. The molecule has 102 valence electrons. The predicted molar refractivity (Wildman–Crippen MR) is 60.1 cm³/mol. The van der Waals surface area contributed by atoms with E-state index in [4.69, 9.17) is 4.55 Å². The molecular formula is C6H13F5LiO3PS. The van der Waals surface area contributed by atoms with Crippen LogP contribution in [0.2, 0.25) is 0 Å². The molecule has 0 aromatic carbocycles. The number of hydrogen-bond acceptors (Lipinski definition) is 2. The summed E-state index contributed by atoms with van der Waals surface area (Å²) in [6.45, 7) is 3.48. The molecule has 0 spiro atoms. The van der Waals surface area contributed by atoms with Crippen LogP contribution in [-0.4, -0.2) is 37.6 Å². The van der Waals surface area contributed by atoms with Crippen LogP contribution in [0.25, 0.3) is 0 Å². The van der Waals surface area contributed by atoms with Gasteiger partial charge < -0.3 is 0 Å². The van der Waals surface area contributed by atoms with E-state index in [1.807, 2.05) is 0 Å². The van der Waals surface area contributed by atoms with Gasteiger partial charge in [-0.1, -0.05) is 6.08 Å². The maximum atomic E-state index is 10.1. The summed E-state index contributed by atoms with van der Waals surface area (Å²) in [5.74, 6) is -0.138. The van der Waals surface area contributed by atoms with Crippen molar-refractivity contribution in [1.29, 1.82) is 0 Å². The molecule has 0 amide bonds. The van der Waals surface area contributed by atoms with E-state index in [1.54, 1.807) is 6.08 Å². The first-order valence-corrected chi connectivity index (χ1v) is 7.27. The average molecular weight is 298 g/mol. The van der Waals surface area contributed by atoms with E-state index in [0.29, 0.717) is 6.42 Å². The summed E-state index contributed by atoms with van der Waals surface area (Å²) in [6, 6.07) is 0. The van der Waals surface area contributed by atoms with Crippen molar-refractivity contribution in [2.24, 2.45) is 0 Å². The Labute approximate surface area is 109 Å². The second-order valence-corrected chi connectivity index (χ2v) is 5.56. The minimum atomic E-state index is -8.55. The Hall–Kier alpha value is 0.327. The summed E-state index contributed by atoms with van der Waals surface area (Å²) in [7, 11) is -12.3. The molecule has 3 nitrogen and oxygen atoms in total. The molecule has 1 N–H and O–H groups in total. The fraction of sp³-hybridized carbons (Fsp3) is 0.667. The third kappa shape index (κ3) is 62.4. The summed E-state index contributed by atoms with van der Waals surface area (Å²) >= 11 is 0. The molecule has 0 rings (SSSR count). The Kier molecular flexibility index (Phi) is 11.2. The molecule has 0 bridgehead atoms. The zero-order valence-corrected chi connectivity index (χ0v) is 9.83. The first kappa shape index (κ1) is 22.5. The topological polar surface area (TPSA) is 54.4 Å². The van der Waals surface area contributed by atoms with Crippen LogP contribution in [0.1, 0.15) is 19.3 Å². The zero-order valence-electron chi connectivity index (χ0n) is 8.12. The average Bonchev–Trinajstić information content (AvgIpc) is 1.91. The van der Waals surface area contributed by atoms with Gasteiger partial charge >= 0.3 is 48.0 Å². The van der Waals surface area contributed by atoms with Gasteiger partial charge in [-0.05, 0) is 19.3 Å². The van der Waals surface area contributed by atoms with Gasteiger partial charge in [0, 0.05) is 0 Å². The molecular weight excluding hydrogens is 285 g/mol. The van der Waals surface area contributed by atoms with Gasteiger partial charge in [-0.2, -0.15) is 8.42 Å². The van der Waals surface area contributed by atoms with Crippen LogP contribution < -0.4 is 0 Å². The van der Waals surface area contributed by atoms with Gasteiger partial charge in [0.15, 0.2) is 0 Å². The summed E-state index contributed by atoms with van der Waals surface area (Å²) in [4.78, 5) is 0. The van der Waals surface area contributed by atoms with E-state index >= 15 is 0 Å². The van der Waals surface area contributed by atoms with Gasteiger partial charge in [-0.25, -0.2) is 0 Å². The maximum absolute atomic E-state index is 10.1. The van der Waals surface area contributed by atoms with E-state index in [-0.39, 0.29) is 24.6 Å². The van der Waals surface area contributed by atoms with Crippen LogP contribution >= 0.6 is 8.16 Å². The molecule has 0 fully saturated rings. The van der Waals surface area contributed by atoms with Crippen molar-refractivity contribution in [3.8, 4) is 0 Å². The van der Waals surface area contributed by atoms with Crippen LogP contribution in [0, 0.1) is 0 Å².